The van der Waals surface area contributed by atoms with Crippen molar-refractivity contribution in [1.82, 2.24) is 18.7 Å². The second-order valence-electron chi connectivity index (χ2n) is 10.9. The molecular weight excluding hydrogens is 524 g/mol. The molecule has 0 bridgehead atoms. The van der Waals surface area contributed by atoms with E-state index < -0.39 is 0 Å². The molecule has 9 aromatic rings. The van der Waals surface area contributed by atoms with Crippen molar-refractivity contribution in [2.75, 3.05) is 0 Å². The van der Waals surface area contributed by atoms with Gasteiger partial charge in [0, 0.05) is 38.8 Å². The standard InChI is InChI=1S/C39H26N4/c1-5-15-27(16-6-1)38-40-39-37(43(38)30-21-11-4-12-22-30)36-34(42(39)29-19-9-3-10-20-29)26-25-33-35(36)31-23-13-14-24-32(31)41(33)28-17-7-2-8-18-28/h1-26H. The highest BCUT2D eigenvalue weighted by molar-refractivity contribution is 6.28. The molecule has 0 atom stereocenters. The summed E-state index contributed by atoms with van der Waals surface area (Å²) < 4.78 is 7.06. The van der Waals surface area contributed by atoms with E-state index in [1.165, 1.54) is 27.2 Å². The van der Waals surface area contributed by atoms with Gasteiger partial charge >= 0.3 is 0 Å². The summed E-state index contributed by atoms with van der Waals surface area (Å²) in [6.07, 6.45) is 0. The number of benzene rings is 6. The molecule has 4 nitrogen and oxygen atoms in total. The molecule has 43 heavy (non-hydrogen) atoms. The Kier molecular flexibility index (Phi) is 5.16. The van der Waals surface area contributed by atoms with Crippen LogP contribution >= 0.6 is 0 Å². The molecule has 0 aliphatic heterocycles. The topological polar surface area (TPSA) is 27.7 Å². The Morgan fingerprint density at radius 3 is 1.49 bits per heavy atom. The fourth-order valence-corrected chi connectivity index (χ4v) is 6.68. The lowest BCUT2D eigenvalue weighted by molar-refractivity contribution is 1.10. The van der Waals surface area contributed by atoms with E-state index in [0.29, 0.717) is 0 Å². The van der Waals surface area contributed by atoms with Crippen molar-refractivity contribution < 1.29 is 0 Å². The molecule has 0 aliphatic carbocycles. The third-order valence-corrected chi connectivity index (χ3v) is 8.44. The van der Waals surface area contributed by atoms with E-state index in [1.54, 1.807) is 0 Å². The van der Waals surface area contributed by atoms with Gasteiger partial charge in [0.1, 0.15) is 11.3 Å². The second-order valence-corrected chi connectivity index (χ2v) is 10.9. The van der Waals surface area contributed by atoms with Crippen LogP contribution in [0.25, 0.3) is 72.3 Å². The normalized spacial score (nSPS) is 11.7. The Hall–Kier alpha value is -5.87. The summed E-state index contributed by atoms with van der Waals surface area (Å²) in [5.41, 5.74) is 9.93. The zero-order chi connectivity index (χ0) is 28.3. The summed E-state index contributed by atoms with van der Waals surface area (Å²) in [6.45, 7) is 0. The zero-order valence-electron chi connectivity index (χ0n) is 23.3. The van der Waals surface area contributed by atoms with Gasteiger partial charge in [0.2, 0.25) is 0 Å². The van der Waals surface area contributed by atoms with Crippen molar-refractivity contribution in [1.29, 1.82) is 0 Å². The highest BCUT2D eigenvalue weighted by atomic mass is 15.2. The van der Waals surface area contributed by atoms with Gasteiger partial charge in [0.25, 0.3) is 0 Å². The van der Waals surface area contributed by atoms with Gasteiger partial charge in [-0.2, -0.15) is 0 Å². The number of rotatable bonds is 4. The number of imidazole rings is 1. The molecule has 0 radical (unpaired) electrons. The third-order valence-electron chi connectivity index (χ3n) is 8.44. The Bertz CT molecular complexity index is 2410. The average molecular weight is 551 g/mol. The first-order valence-corrected chi connectivity index (χ1v) is 14.6. The van der Waals surface area contributed by atoms with Crippen molar-refractivity contribution in [2.24, 2.45) is 0 Å². The van der Waals surface area contributed by atoms with Crippen LogP contribution < -0.4 is 0 Å². The third kappa shape index (κ3) is 3.47. The lowest BCUT2D eigenvalue weighted by Crippen LogP contribution is -1.98. The average Bonchev–Trinajstić information content (AvgIpc) is 3.73. The smallest absolute Gasteiger partial charge is 0.165 e. The van der Waals surface area contributed by atoms with Crippen molar-refractivity contribution in [2.45, 2.75) is 0 Å². The lowest BCUT2D eigenvalue weighted by atomic mass is 10.1. The molecule has 0 saturated heterocycles. The molecule has 0 amide bonds. The molecule has 202 valence electrons. The van der Waals surface area contributed by atoms with Gasteiger partial charge < -0.3 is 4.57 Å². The van der Waals surface area contributed by atoms with Crippen molar-refractivity contribution >= 4 is 43.9 Å². The molecule has 9 rings (SSSR count). The molecule has 3 aromatic heterocycles. The summed E-state index contributed by atoms with van der Waals surface area (Å²) >= 11 is 0. The molecular formula is C39H26N4. The molecule has 4 heteroatoms. The highest BCUT2D eigenvalue weighted by Crippen LogP contribution is 2.44. The maximum absolute atomic E-state index is 5.44. The van der Waals surface area contributed by atoms with E-state index in [0.717, 1.165) is 45.1 Å². The van der Waals surface area contributed by atoms with Crippen LogP contribution in [-0.2, 0) is 0 Å². The van der Waals surface area contributed by atoms with E-state index in [2.05, 4.69) is 171 Å². The molecule has 0 fully saturated rings. The first-order chi connectivity index (χ1) is 21.4. The SMILES string of the molecule is c1ccc(-c2nc3c(c4c5c6ccccc6n(-c6ccccc6)c5ccc4n3-c3ccccc3)n2-c2ccccc2)cc1. The van der Waals surface area contributed by atoms with Gasteiger partial charge in [-0.1, -0.05) is 103 Å². The van der Waals surface area contributed by atoms with Crippen LogP contribution in [0.5, 0.6) is 0 Å². The Labute approximate surface area is 248 Å². The molecule has 3 heterocycles. The number of aromatic nitrogens is 4. The minimum Gasteiger partial charge on any atom is -0.309 e. The maximum atomic E-state index is 5.44. The predicted octanol–water partition coefficient (Wildman–Crippen LogP) is 9.73. The fraction of sp³-hybridized carbons (Fsp3) is 0. The van der Waals surface area contributed by atoms with Crippen LogP contribution in [0.1, 0.15) is 0 Å². The van der Waals surface area contributed by atoms with Crippen LogP contribution in [0.15, 0.2) is 158 Å². The molecule has 6 aromatic carbocycles. The van der Waals surface area contributed by atoms with Crippen molar-refractivity contribution in [3.8, 4) is 28.5 Å². The van der Waals surface area contributed by atoms with Crippen LogP contribution in [0.3, 0.4) is 0 Å². The monoisotopic (exact) mass is 550 g/mol. The first-order valence-electron chi connectivity index (χ1n) is 14.6. The van der Waals surface area contributed by atoms with Crippen LogP contribution in [0, 0.1) is 0 Å². The number of hydrogen-bond acceptors (Lipinski definition) is 1. The molecule has 0 spiro atoms. The van der Waals surface area contributed by atoms with Gasteiger partial charge in [-0.25, -0.2) is 4.98 Å². The summed E-state index contributed by atoms with van der Waals surface area (Å²) in [7, 11) is 0. The Balaban J connectivity index is 1.55. The summed E-state index contributed by atoms with van der Waals surface area (Å²) in [5, 5.41) is 3.65. The second kappa shape index (κ2) is 9.33. The number of hydrogen-bond donors (Lipinski definition) is 0. The van der Waals surface area contributed by atoms with E-state index in [1.807, 2.05) is 0 Å². The molecule has 0 saturated carbocycles. The summed E-state index contributed by atoms with van der Waals surface area (Å²) in [6, 6.07) is 55.7. The van der Waals surface area contributed by atoms with Gasteiger partial charge in [-0.15, -0.1) is 0 Å². The van der Waals surface area contributed by atoms with E-state index >= 15 is 0 Å². The van der Waals surface area contributed by atoms with E-state index in [9.17, 15) is 0 Å². The maximum Gasteiger partial charge on any atom is 0.165 e. The van der Waals surface area contributed by atoms with Gasteiger partial charge in [-0.05, 0) is 54.6 Å². The van der Waals surface area contributed by atoms with Gasteiger partial charge in [-0.3, -0.25) is 9.13 Å². The highest BCUT2D eigenvalue weighted by Gasteiger charge is 2.26. The van der Waals surface area contributed by atoms with Gasteiger partial charge in [0.05, 0.1) is 16.6 Å². The minimum atomic E-state index is 0.923. The quantitative estimate of drug-likeness (QED) is 0.214. The Morgan fingerprint density at radius 1 is 0.372 bits per heavy atom. The van der Waals surface area contributed by atoms with Crippen LogP contribution in [0.2, 0.25) is 0 Å². The fourth-order valence-electron chi connectivity index (χ4n) is 6.68. The number of nitrogens with zero attached hydrogens (tertiary/aromatic N) is 4. The van der Waals surface area contributed by atoms with Gasteiger partial charge in [0.15, 0.2) is 5.65 Å². The van der Waals surface area contributed by atoms with Crippen LogP contribution in [0.4, 0.5) is 0 Å². The first kappa shape index (κ1) is 23.8. The molecule has 0 N–H and O–H groups in total. The van der Waals surface area contributed by atoms with Crippen molar-refractivity contribution in [3.05, 3.63) is 158 Å². The van der Waals surface area contributed by atoms with Crippen molar-refractivity contribution in [3.63, 3.8) is 0 Å². The summed E-state index contributed by atoms with van der Waals surface area (Å²) in [4.78, 5) is 5.44. The largest absolute Gasteiger partial charge is 0.309 e. The molecule has 0 aliphatic rings. The number of para-hydroxylation sites is 4. The number of fused-ring (bicyclic) bond motifs is 7. The predicted molar refractivity (Wildman–Crippen MR) is 178 cm³/mol. The zero-order valence-corrected chi connectivity index (χ0v) is 23.3. The Morgan fingerprint density at radius 2 is 0.860 bits per heavy atom. The van der Waals surface area contributed by atoms with Crippen LogP contribution in [-0.4, -0.2) is 18.7 Å². The lowest BCUT2D eigenvalue weighted by Gasteiger charge is -2.11. The van der Waals surface area contributed by atoms with E-state index in [-0.39, 0.29) is 0 Å². The van der Waals surface area contributed by atoms with E-state index in [4.69, 9.17) is 4.98 Å². The molecule has 0 unspecified atom stereocenters. The summed E-state index contributed by atoms with van der Waals surface area (Å²) in [5.74, 6) is 0.923. The minimum absolute atomic E-state index is 0.923.